The summed E-state index contributed by atoms with van der Waals surface area (Å²) in [6, 6.07) is 7.34. The molecule has 1 aromatic rings. The summed E-state index contributed by atoms with van der Waals surface area (Å²) in [5.74, 6) is 1.29. The van der Waals surface area contributed by atoms with Gasteiger partial charge in [0.25, 0.3) is 0 Å². The number of fused-ring (bicyclic) bond motifs is 1. The first-order valence-electron chi connectivity index (χ1n) is 9.22. The quantitative estimate of drug-likeness (QED) is 0.581. The monoisotopic (exact) mass is 397 g/mol. The van der Waals surface area contributed by atoms with Crippen molar-refractivity contribution in [1.29, 1.82) is 0 Å². The number of rotatable bonds is 5. The van der Waals surface area contributed by atoms with Crippen LogP contribution in [0.15, 0.2) is 29.2 Å². The van der Waals surface area contributed by atoms with E-state index in [1.165, 1.54) is 24.9 Å². The molecule has 26 heavy (non-hydrogen) atoms. The van der Waals surface area contributed by atoms with Crippen LogP contribution in [0, 0.1) is 0 Å². The van der Waals surface area contributed by atoms with Gasteiger partial charge in [-0.05, 0) is 55.7 Å². The standard InChI is InChI=1S/C17H27N5O2S2/c1-26(23,24)14-6-4-12(5-7-14)22-17-15(20-21-22)8-9-16(19-17)18-11-13-3-2-10-25-13/h4-7,13,15-21H,2-3,8-11H2,1H3. The van der Waals surface area contributed by atoms with Gasteiger partial charge < -0.3 is 5.32 Å². The van der Waals surface area contributed by atoms with Gasteiger partial charge in [-0.15, -0.1) is 0 Å². The molecule has 4 rings (SSSR count). The van der Waals surface area contributed by atoms with Crippen LogP contribution in [0.3, 0.4) is 0 Å². The maximum absolute atomic E-state index is 11.7. The van der Waals surface area contributed by atoms with Crippen LogP contribution in [-0.2, 0) is 9.84 Å². The fraction of sp³-hybridized carbons (Fsp3) is 0.647. The molecule has 0 saturated carbocycles. The summed E-state index contributed by atoms with van der Waals surface area (Å²) >= 11 is 2.08. The molecular weight excluding hydrogens is 370 g/mol. The number of hydrogen-bond acceptors (Lipinski definition) is 8. The van der Waals surface area contributed by atoms with Crippen LogP contribution in [0.5, 0.6) is 0 Å². The lowest BCUT2D eigenvalue weighted by Crippen LogP contribution is -2.60. The highest BCUT2D eigenvalue weighted by Crippen LogP contribution is 2.27. The van der Waals surface area contributed by atoms with E-state index in [1.807, 2.05) is 12.1 Å². The Morgan fingerprint density at radius 2 is 2.04 bits per heavy atom. The van der Waals surface area contributed by atoms with Gasteiger partial charge in [0, 0.05) is 18.1 Å². The number of benzene rings is 1. The van der Waals surface area contributed by atoms with Crippen molar-refractivity contribution in [2.24, 2.45) is 0 Å². The molecule has 4 atom stereocenters. The molecule has 4 unspecified atom stereocenters. The van der Waals surface area contributed by atoms with Crippen LogP contribution >= 0.6 is 11.8 Å². The van der Waals surface area contributed by atoms with E-state index in [-0.39, 0.29) is 6.17 Å². The normalized spacial score (nSPS) is 32.0. The van der Waals surface area contributed by atoms with E-state index in [0.29, 0.717) is 17.1 Å². The van der Waals surface area contributed by atoms with E-state index in [0.717, 1.165) is 30.3 Å². The Kier molecular flexibility index (Phi) is 5.45. The van der Waals surface area contributed by atoms with Crippen molar-refractivity contribution >= 4 is 27.3 Å². The third-order valence-electron chi connectivity index (χ3n) is 5.33. The van der Waals surface area contributed by atoms with Crippen molar-refractivity contribution in [1.82, 2.24) is 21.6 Å². The van der Waals surface area contributed by atoms with Crippen molar-refractivity contribution in [3.63, 3.8) is 0 Å². The van der Waals surface area contributed by atoms with Gasteiger partial charge in [-0.25, -0.2) is 13.8 Å². The Hall–Kier alpha value is -0.840. The highest BCUT2D eigenvalue weighted by atomic mass is 32.2. The summed E-state index contributed by atoms with van der Waals surface area (Å²) in [5.41, 5.74) is 7.50. The van der Waals surface area contributed by atoms with Gasteiger partial charge in [0.15, 0.2) is 9.84 Å². The lowest BCUT2D eigenvalue weighted by molar-refractivity contribution is 0.262. The van der Waals surface area contributed by atoms with Gasteiger partial charge in [0.1, 0.15) is 6.17 Å². The smallest absolute Gasteiger partial charge is 0.175 e. The molecule has 4 N–H and O–H groups in total. The van der Waals surface area contributed by atoms with E-state index < -0.39 is 9.84 Å². The SMILES string of the molecule is CS(=O)(=O)c1ccc(N2NNC3CCC(NCC4CCCS4)NC32)cc1. The number of sulfone groups is 1. The Morgan fingerprint density at radius 3 is 2.73 bits per heavy atom. The Bertz CT molecular complexity index is 721. The van der Waals surface area contributed by atoms with Crippen molar-refractivity contribution in [2.45, 2.75) is 54.2 Å². The molecule has 7 nitrogen and oxygen atoms in total. The molecule has 3 saturated heterocycles. The zero-order chi connectivity index (χ0) is 18.1. The van der Waals surface area contributed by atoms with Gasteiger partial charge in [0.2, 0.25) is 0 Å². The molecule has 0 bridgehead atoms. The lowest BCUT2D eigenvalue weighted by Gasteiger charge is -2.37. The fourth-order valence-electron chi connectivity index (χ4n) is 3.86. The largest absolute Gasteiger partial charge is 0.301 e. The van der Waals surface area contributed by atoms with Crippen LogP contribution in [-0.4, -0.2) is 50.6 Å². The number of nitrogens with zero attached hydrogens (tertiary/aromatic N) is 1. The predicted octanol–water partition coefficient (Wildman–Crippen LogP) is 0.809. The molecule has 0 aliphatic carbocycles. The predicted molar refractivity (Wildman–Crippen MR) is 106 cm³/mol. The minimum Gasteiger partial charge on any atom is -0.301 e. The highest BCUT2D eigenvalue weighted by Gasteiger charge is 2.39. The highest BCUT2D eigenvalue weighted by molar-refractivity contribution is 8.00. The summed E-state index contributed by atoms with van der Waals surface area (Å²) in [7, 11) is -3.17. The first-order valence-corrected chi connectivity index (χ1v) is 12.2. The second-order valence-corrected chi connectivity index (χ2v) is 10.7. The molecule has 9 heteroatoms. The minimum absolute atomic E-state index is 0.126. The molecule has 0 amide bonds. The summed E-state index contributed by atoms with van der Waals surface area (Å²) < 4.78 is 23.3. The van der Waals surface area contributed by atoms with Crippen LogP contribution in [0.4, 0.5) is 5.69 Å². The summed E-state index contributed by atoms with van der Waals surface area (Å²) in [4.78, 5) is 0.343. The van der Waals surface area contributed by atoms with Gasteiger partial charge >= 0.3 is 0 Å². The van der Waals surface area contributed by atoms with Crippen molar-refractivity contribution in [2.75, 3.05) is 23.6 Å². The minimum atomic E-state index is -3.17. The maximum Gasteiger partial charge on any atom is 0.175 e. The molecule has 3 aliphatic rings. The van der Waals surface area contributed by atoms with E-state index in [4.69, 9.17) is 0 Å². The topological polar surface area (TPSA) is 85.5 Å². The van der Waals surface area contributed by atoms with Crippen LogP contribution in [0.1, 0.15) is 25.7 Å². The summed E-state index contributed by atoms with van der Waals surface area (Å²) in [6.45, 7) is 1.06. The first kappa shape index (κ1) is 18.5. The lowest BCUT2D eigenvalue weighted by atomic mass is 10.0. The number of hydrazine groups is 2. The summed E-state index contributed by atoms with van der Waals surface area (Å²) in [5, 5.41) is 10.2. The van der Waals surface area contributed by atoms with Crippen LogP contribution in [0.2, 0.25) is 0 Å². The second kappa shape index (κ2) is 7.65. The molecule has 3 fully saturated rings. The average molecular weight is 398 g/mol. The van der Waals surface area contributed by atoms with Crippen LogP contribution < -0.4 is 26.6 Å². The van der Waals surface area contributed by atoms with Crippen molar-refractivity contribution in [3.05, 3.63) is 24.3 Å². The zero-order valence-electron chi connectivity index (χ0n) is 14.9. The van der Waals surface area contributed by atoms with Gasteiger partial charge in [-0.2, -0.15) is 17.3 Å². The number of hydrogen-bond donors (Lipinski definition) is 4. The number of anilines is 1. The molecule has 1 aromatic carbocycles. The molecular formula is C17H27N5O2S2. The van der Waals surface area contributed by atoms with Gasteiger partial charge in [-0.1, -0.05) is 0 Å². The molecule has 3 aliphatic heterocycles. The van der Waals surface area contributed by atoms with E-state index in [2.05, 4.69) is 38.4 Å². The Morgan fingerprint density at radius 1 is 1.23 bits per heavy atom. The number of piperidine rings is 1. The average Bonchev–Trinajstić information content (AvgIpc) is 3.28. The van der Waals surface area contributed by atoms with E-state index in [1.54, 1.807) is 12.1 Å². The Balaban J connectivity index is 1.40. The third kappa shape index (κ3) is 4.02. The molecule has 144 valence electrons. The first-order chi connectivity index (χ1) is 12.5. The summed E-state index contributed by atoms with van der Waals surface area (Å²) in [6.07, 6.45) is 6.49. The van der Waals surface area contributed by atoms with Crippen molar-refractivity contribution < 1.29 is 8.42 Å². The van der Waals surface area contributed by atoms with E-state index in [9.17, 15) is 8.42 Å². The van der Waals surface area contributed by atoms with Gasteiger partial charge in [0.05, 0.1) is 22.8 Å². The number of nitrogens with one attached hydrogen (secondary N) is 4. The second-order valence-electron chi connectivity index (χ2n) is 7.28. The van der Waals surface area contributed by atoms with Crippen LogP contribution in [0.25, 0.3) is 0 Å². The third-order valence-corrected chi connectivity index (χ3v) is 7.85. The maximum atomic E-state index is 11.7. The van der Waals surface area contributed by atoms with Crippen molar-refractivity contribution in [3.8, 4) is 0 Å². The van der Waals surface area contributed by atoms with E-state index >= 15 is 0 Å². The molecule has 0 radical (unpaired) electrons. The molecule has 0 aromatic heterocycles. The zero-order valence-corrected chi connectivity index (χ0v) is 16.6. The molecule has 0 spiro atoms. The Labute approximate surface area is 159 Å². The fourth-order valence-corrected chi connectivity index (χ4v) is 5.70. The van der Waals surface area contributed by atoms with Gasteiger partial charge in [-0.3, -0.25) is 10.3 Å². The number of thioether (sulfide) groups is 1. The molecule has 3 heterocycles.